The highest BCUT2D eigenvalue weighted by Gasteiger charge is 2.44. The molecule has 0 radical (unpaired) electrons. The molecule has 2 amide bonds. The molecule has 0 bridgehead atoms. The lowest BCUT2D eigenvalue weighted by atomic mass is 9.81. The predicted molar refractivity (Wildman–Crippen MR) is 130 cm³/mol. The van der Waals surface area contributed by atoms with Gasteiger partial charge in [-0.25, -0.2) is 0 Å². The van der Waals surface area contributed by atoms with E-state index in [1.807, 2.05) is 52.7 Å². The standard InChI is InChI=1S/C27H30N2O2S/c1-18(2)17-29-25(23-12-7-15-32-23)24(21-10-4-5-11-22(21)27(29)31)26(30)28-14-13-20-9-6-8-19(3)16-20/h4-12,15-16,18,24-25H,13-14,17H2,1-3H3,(H,28,30)/t24-,25+/m1/s1. The average molecular weight is 447 g/mol. The Bertz CT molecular complexity index is 1090. The summed E-state index contributed by atoms with van der Waals surface area (Å²) in [6, 6.07) is 19.7. The van der Waals surface area contributed by atoms with Gasteiger partial charge in [0, 0.05) is 23.5 Å². The minimum atomic E-state index is -0.432. The molecule has 166 valence electrons. The highest BCUT2D eigenvalue weighted by Crippen LogP contribution is 2.44. The van der Waals surface area contributed by atoms with Gasteiger partial charge in [0.25, 0.3) is 5.91 Å². The van der Waals surface area contributed by atoms with Crippen molar-refractivity contribution < 1.29 is 9.59 Å². The first-order valence-electron chi connectivity index (χ1n) is 11.2. The van der Waals surface area contributed by atoms with E-state index in [2.05, 4.69) is 44.3 Å². The molecule has 0 saturated heterocycles. The summed E-state index contributed by atoms with van der Waals surface area (Å²) in [5, 5.41) is 5.18. The number of carbonyl (C=O) groups is 2. The van der Waals surface area contributed by atoms with Gasteiger partial charge >= 0.3 is 0 Å². The number of aryl methyl sites for hydroxylation is 1. The van der Waals surface area contributed by atoms with Gasteiger partial charge in [0.05, 0.1) is 12.0 Å². The van der Waals surface area contributed by atoms with Gasteiger partial charge in [-0.15, -0.1) is 11.3 Å². The van der Waals surface area contributed by atoms with E-state index in [1.165, 1.54) is 11.1 Å². The number of benzene rings is 2. The summed E-state index contributed by atoms with van der Waals surface area (Å²) >= 11 is 1.61. The van der Waals surface area contributed by atoms with Crippen LogP contribution in [0.3, 0.4) is 0 Å². The normalized spacial score (nSPS) is 18.0. The summed E-state index contributed by atoms with van der Waals surface area (Å²) in [5.74, 6) is -0.142. The summed E-state index contributed by atoms with van der Waals surface area (Å²) in [6.45, 7) is 7.47. The van der Waals surface area contributed by atoms with Gasteiger partial charge in [-0.1, -0.05) is 67.9 Å². The third kappa shape index (κ3) is 4.63. The number of nitrogens with one attached hydrogen (secondary N) is 1. The lowest BCUT2D eigenvalue weighted by Gasteiger charge is -2.42. The summed E-state index contributed by atoms with van der Waals surface area (Å²) < 4.78 is 0. The Labute approximate surface area is 194 Å². The van der Waals surface area contributed by atoms with Crippen molar-refractivity contribution in [2.75, 3.05) is 13.1 Å². The topological polar surface area (TPSA) is 49.4 Å². The van der Waals surface area contributed by atoms with Crippen LogP contribution in [0.1, 0.15) is 57.7 Å². The fraction of sp³-hybridized carbons (Fsp3) is 0.333. The van der Waals surface area contributed by atoms with E-state index in [-0.39, 0.29) is 17.9 Å². The predicted octanol–water partition coefficient (Wildman–Crippen LogP) is 5.35. The Morgan fingerprint density at radius 1 is 1.09 bits per heavy atom. The second-order valence-corrected chi connectivity index (χ2v) is 9.89. The van der Waals surface area contributed by atoms with Crippen LogP contribution >= 0.6 is 11.3 Å². The quantitative estimate of drug-likeness (QED) is 0.532. The molecule has 4 nitrogen and oxygen atoms in total. The maximum atomic E-state index is 13.6. The number of hydrogen-bond donors (Lipinski definition) is 1. The largest absolute Gasteiger partial charge is 0.355 e. The highest BCUT2D eigenvalue weighted by molar-refractivity contribution is 7.10. The molecule has 2 heterocycles. The number of hydrogen-bond acceptors (Lipinski definition) is 3. The Balaban J connectivity index is 1.65. The van der Waals surface area contributed by atoms with Crippen molar-refractivity contribution in [2.45, 2.75) is 39.2 Å². The van der Waals surface area contributed by atoms with Gasteiger partial charge in [0.15, 0.2) is 0 Å². The maximum absolute atomic E-state index is 13.6. The van der Waals surface area contributed by atoms with Gasteiger partial charge in [-0.2, -0.15) is 0 Å². The van der Waals surface area contributed by atoms with E-state index in [4.69, 9.17) is 0 Å². The first-order chi connectivity index (χ1) is 15.5. The number of thiophene rings is 1. The Morgan fingerprint density at radius 2 is 1.91 bits per heavy atom. The summed E-state index contributed by atoms with van der Waals surface area (Å²) in [5.41, 5.74) is 3.89. The molecule has 0 fully saturated rings. The van der Waals surface area contributed by atoms with Crippen molar-refractivity contribution in [1.82, 2.24) is 10.2 Å². The molecule has 2 aromatic carbocycles. The molecule has 2 atom stereocenters. The van der Waals surface area contributed by atoms with Crippen LogP contribution < -0.4 is 5.32 Å². The van der Waals surface area contributed by atoms with Crippen molar-refractivity contribution in [3.05, 3.63) is 93.2 Å². The molecule has 1 N–H and O–H groups in total. The van der Waals surface area contributed by atoms with Crippen LogP contribution in [-0.2, 0) is 11.2 Å². The average Bonchev–Trinajstić information content (AvgIpc) is 3.29. The van der Waals surface area contributed by atoms with Gasteiger partial charge < -0.3 is 10.2 Å². The van der Waals surface area contributed by atoms with Gasteiger partial charge in [0.2, 0.25) is 5.91 Å². The van der Waals surface area contributed by atoms with Crippen molar-refractivity contribution >= 4 is 23.2 Å². The molecule has 3 aromatic rings. The number of carbonyl (C=O) groups excluding carboxylic acids is 2. The van der Waals surface area contributed by atoms with Crippen molar-refractivity contribution in [1.29, 1.82) is 0 Å². The third-order valence-electron chi connectivity index (χ3n) is 5.91. The number of amides is 2. The summed E-state index contributed by atoms with van der Waals surface area (Å²) in [6.07, 6.45) is 0.778. The summed E-state index contributed by atoms with van der Waals surface area (Å²) in [7, 11) is 0. The Hall–Kier alpha value is -2.92. The molecule has 5 heteroatoms. The second kappa shape index (κ2) is 9.70. The van der Waals surface area contributed by atoms with Gasteiger partial charge in [-0.3, -0.25) is 9.59 Å². The number of rotatable bonds is 7. The molecule has 1 aliphatic rings. The van der Waals surface area contributed by atoms with Crippen LogP contribution in [0.2, 0.25) is 0 Å². The zero-order valence-electron chi connectivity index (χ0n) is 18.9. The molecule has 4 rings (SSSR count). The van der Waals surface area contributed by atoms with Crippen LogP contribution in [0, 0.1) is 12.8 Å². The molecule has 0 aliphatic carbocycles. The minimum Gasteiger partial charge on any atom is -0.355 e. The number of nitrogens with zero attached hydrogens (tertiary/aromatic N) is 1. The summed E-state index contributed by atoms with van der Waals surface area (Å²) in [4.78, 5) is 30.0. The molecular formula is C27H30N2O2S. The Kier molecular flexibility index (Phi) is 6.75. The molecule has 1 aliphatic heterocycles. The van der Waals surface area contributed by atoms with Crippen LogP contribution in [0.4, 0.5) is 0 Å². The Morgan fingerprint density at radius 3 is 2.62 bits per heavy atom. The van der Waals surface area contributed by atoms with Crippen molar-refractivity contribution in [2.24, 2.45) is 5.92 Å². The highest BCUT2D eigenvalue weighted by atomic mass is 32.1. The molecule has 0 spiro atoms. The van der Waals surface area contributed by atoms with Crippen LogP contribution in [-0.4, -0.2) is 29.8 Å². The second-order valence-electron chi connectivity index (χ2n) is 8.91. The van der Waals surface area contributed by atoms with Crippen LogP contribution in [0.25, 0.3) is 0 Å². The van der Waals surface area contributed by atoms with Crippen molar-refractivity contribution in [3.63, 3.8) is 0 Å². The van der Waals surface area contributed by atoms with Gasteiger partial charge in [-0.05, 0) is 47.9 Å². The smallest absolute Gasteiger partial charge is 0.254 e. The first-order valence-corrected chi connectivity index (χ1v) is 12.1. The zero-order chi connectivity index (χ0) is 22.7. The van der Waals surface area contributed by atoms with Crippen LogP contribution in [0.15, 0.2) is 66.0 Å². The van der Waals surface area contributed by atoms with Gasteiger partial charge in [0.1, 0.15) is 0 Å². The van der Waals surface area contributed by atoms with Crippen molar-refractivity contribution in [3.8, 4) is 0 Å². The van der Waals surface area contributed by atoms with Crippen LogP contribution in [0.5, 0.6) is 0 Å². The molecule has 0 saturated carbocycles. The fourth-order valence-corrected chi connectivity index (χ4v) is 5.43. The van der Waals surface area contributed by atoms with E-state index in [0.717, 1.165) is 16.9 Å². The maximum Gasteiger partial charge on any atom is 0.254 e. The van der Waals surface area contributed by atoms with E-state index in [0.29, 0.717) is 24.6 Å². The monoisotopic (exact) mass is 446 g/mol. The lowest BCUT2D eigenvalue weighted by Crippen LogP contribution is -2.48. The molecule has 0 unspecified atom stereocenters. The SMILES string of the molecule is Cc1cccc(CCNC(=O)[C@@H]2c3ccccc3C(=O)N(CC(C)C)[C@H]2c2cccs2)c1. The third-order valence-corrected chi connectivity index (χ3v) is 6.86. The van der Waals surface area contributed by atoms with E-state index in [1.54, 1.807) is 11.3 Å². The lowest BCUT2D eigenvalue weighted by molar-refractivity contribution is -0.124. The van der Waals surface area contributed by atoms with E-state index in [9.17, 15) is 9.59 Å². The minimum absolute atomic E-state index is 0.0107. The zero-order valence-corrected chi connectivity index (χ0v) is 19.7. The van der Waals surface area contributed by atoms with E-state index < -0.39 is 5.92 Å². The van der Waals surface area contributed by atoms with E-state index >= 15 is 0 Å². The molecule has 1 aromatic heterocycles. The number of fused-ring (bicyclic) bond motifs is 1. The molecular weight excluding hydrogens is 416 g/mol. The molecule has 32 heavy (non-hydrogen) atoms. The first kappa shape index (κ1) is 22.3. The fourth-order valence-electron chi connectivity index (χ4n) is 4.55.